The van der Waals surface area contributed by atoms with Gasteiger partial charge in [-0.3, -0.25) is 13.9 Å². The molecule has 0 unspecified atom stereocenters. The number of hydrogen-bond acceptors (Lipinski definition) is 5. The second-order valence-corrected chi connectivity index (χ2v) is 12.3. The zero-order valence-corrected chi connectivity index (χ0v) is 26.3. The maximum absolute atomic E-state index is 15.0. The van der Waals surface area contributed by atoms with Crippen LogP contribution in [0.1, 0.15) is 30.9 Å². The minimum atomic E-state index is -4.24. The maximum Gasteiger partial charge on any atom is 0.264 e. The molecule has 0 bridgehead atoms. The lowest BCUT2D eigenvalue weighted by molar-refractivity contribution is -0.140. The molecule has 0 spiro atoms. The summed E-state index contributed by atoms with van der Waals surface area (Å²) >= 11 is 0. The van der Waals surface area contributed by atoms with Crippen molar-refractivity contribution >= 4 is 27.5 Å². The molecule has 4 rings (SSSR count). The van der Waals surface area contributed by atoms with Gasteiger partial charge >= 0.3 is 0 Å². The number of amides is 2. The third-order valence-electron chi connectivity index (χ3n) is 7.37. The number of hydrogen-bond donors (Lipinski definition) is 1. The van der Waals surface area contributed by atoms with Crippen molar-refractivity contribution in [3.05, 3.63) is 126 Å². The lowest BCUT2D eigenvalue weighted by Crippen LogP contribution is -2.53. The molecule has 2 amide bonds. The largest absolute Gasteiger partial charge is 0.497 e. The number of sulfonamides is 1. The van der Waals surface area contributed by atoms with Gasteiger partial charge in [0.15, 0.2) is 0 Å². The minimum absolute atomic E-state index is 0.00702. The van der Waals surface area contributed by atoms with Crippen LogP contribution >= 0.6 is 0 Å². The van der Waals surface area contributed by atoms with Crippen molar-refractivity contribution in [2.45, 2.75) is 43.7 Å². The summed E-state index contributed by atoms with van der Waals surface area (Å²) in [5.74, 6) is -1.10. The summed E-state index contributed by atoms with van der Waals surface area (Å²) in [5, 5.41) is 2.92. The predicted molar refractivity (Wildman–Crippen MR) is 173 cm³/mol. The number of rotatable bonds is 15. The van der Waals surface area contributed by atoms with Crippen molar-refractivity contribution in [3.8, 4) is 5.75 Å². The van der Waals surface area contributed by atoms with E-state index in [1.807, 2.05) is 37.3 Å². The standard InChI is InChI=1S/C35H38FN3O5S/c1-3-4-23-37-35(41)33(24-27-13-7-5-8-14-27)38(25-28-15-11-12-18-32(28)36)34(40)26-39(29-19-21-30(44-2)22-20-29)45(42,43)31-16-9-6-10-17-31/h5-22,33H,3-4,23-26H2,1-2H3,(H,37,41)/t33-/m1/s1. The number of carbonyl (C=O) groups is 2. The smallest absolute Gasteiger partial charge is 0.264 e. The van der Waals surface area contributed by atoms with Gasteiger partial charge in [0.05, 0.1) is 17.7 Å². The maximum atomic E-state index is 15.0. The Hall–Kier alpha value is -4.70. The van der Waals surface area contributed by atoms with Crippen LogP contribution in [0.5, 0.6) is 5.75 Å². The van der Waals surface area contributed by atoms with Crippen molar-refractivity contribution in [3.63, 3.8) is 0 Å². The molecular formula is C35H38FN3O5S. The molecular weight excluding hydrogens is 593 g/mol. The van der Waals surface area contributed by atoms with E-state index >= 15 is 4.39 Å². The van der Waals surface area contributed by atoms with E-state index in [4.69, 9.17) is 4.74 Å². The van der Waals surface area contributed by atoms with Crippen molar-refractivity contribution in [2.24, 2.45) is 0 Å². The number of benzene rings is 4. The summed E-state index contributed by atoms with van der Waals surface area (Å²) in [6.45, 7) is 1.53. The molecule has 0 aliphatic heterocycles. The molecule has 4 aromatic rings. The van der Waals surface area contributed by atoms with E-state index in [0.717, 1.165) is 22.7 Å². The highest BCUT2D eigenvalue weighted by Crippen LogP contribution is 2.27. The molecule has 10 heteroatoms. The zero-order valence-electron chi connectivity index (χ0n) is 25.4. The zero-order chi connectivity index (χ0) is 32.2. The van der Waals surface area contributed by atoms with Gasteiger partial charge in [0.25, 0.3) is 10.0 Å². The van der Waals surface area contributed by atoms with Crippen LogP contribution in [-0.4, -0.2) is 51.4 Å². The summed E-state index contributed by atoms with van der Waals surface area (Å²) in [5.41, 5.74) is 1.22. The van der Waals surface area contributed by atoms with Crippen molar-refractivity contribution in [1.29, 1.82) is 0 Å². The molecule has 0 radical (unpaired) electrons. The van der Waals surface area contributed by atoms with Gasteiger partial charge < -0.3 is 15.0 Å². The number of carbonyl (C=O) groups excluding carboxylic acids is 2. The lowest BCUT2D eigenvalue weighted by Gasteiger charge is -2.34. The number of nitrogens with zero attached hydrogens (tertiary/aromatic N) is 2. The van der Waals surface area contributed by atoms with Crippen molar-refractivity contribution in [2.75, 3.05) is 24.5 Å². The van der Waals surface area contributed by atoms with E-state index in [9.17, 15) is 18.0 Å². The third kappa shape index (κ3) is 8.69. The second kappa shape index (κ2) is 15.9. The highest BCUT2D eigenvalue weighted by molar-refractivity contribution is 7.92. The first-order valence-electron chi connectivity index (χ1n) is 14.8. The minimum Gasteiger partial charge on any atom is -0.497 e. The molecule has 4 aromatic carbocycles. The van der Waals surface area contributed by atoms with Crippen LogP contribution in [0.25, 0.3) is 0 Å². The topological polar surface area (TPSA) is 96.0 Å². The summed E-state index contributed by atoms with van der Waals surface area (Å²) < 4.78 is 49.3. The summed E-state index contributed by atoms with van der Waals surface area (Å²) in [6.07, 6.45) is 1.74. The molecule has 0 aliphatic carbocycles. The van der Waals surface area contributed by atoms with Gasteiger partial charge in [0.2, 0.25) is 11.8 Å². The van der Waals surface area contributed by atoms with E-state index in [-0.39, 0.29) is 29.1 Å². The fraction of sp³-hybridized carbons (Fsp3) is 0.257. The summed E-state index contributed by atoms with van der Waals surface area (Å²) in [7, 11) is -2.74. The Morgan fingerprint density at radius 1 is 0.867 bits per heavy atom. The first kappa shape index (κ1) is 33.2. The molecule has 236 valence electrons. The molecule has 0 heterocycles. The van der Waals surface area contributed by atoms with Crippen LogP contribution in [0.4, 0.5) is 10.1 Å². The Bertz CT molecular complexity index is 1650. The second-order valence-electron chi connectivity index (χ2n) is 10.5. The van der Waals surface area contributed by atoms with Gasteiger partial charge in [0, 0.05) is 25.1 Å². The van der Waals surface area contributed by atoms with Gasteiger partial charge in [-0.1, -0.05) is 80.1 Å². The average Bonchev–Trinajstić information content (AvgIpc) is 3.07. The lowest BCUT2D eigenvalue weighted by atomic mass is 10.0. The van der Waals surface area contributed by atoms with Crippen LogP contribution in [-0.2, 0) is 32.6 Å². The highest BCUT2D eigenvalue weighted by atomic mass is 32.2. The van der Waals surface area contributed by atoms with Crippen LogP contribution in [0.2, 0.25) is 0 Å². The fourth-order valence-corrected chi connectivity index (χ4v) is 6.30. The Morgan fingerprint density at radius 2 is 1.49 bits per heavy atom. The van der Waals surface area contributed by atoms with Crippen LogP contribution < -0.4 is 14.4 Å². The molecule has 45 heavy (non-hydrogen) atoms. The first-order chi connectivity index (χ1) is 21.7. The van der Waals surface area contributed by atoms with Gasteiger partial charge in [-0.2, -0.15) is 0 Å². The number of unbranched alkanes of at least 4 members (excludes halogenated alkanes) is 1. The number of methoxy groups -OCH3 is 1. The van der Waals surface area contributed by atoms with E-state index in [1.54, 1.807) is 60.7 Å². The molecule has 0 aromatic heterocycles. The Balaban J connectivity index is 1.79. The number of anilines is 1. The quantitative estimate of drug-likeness (QED) is 0.173. The molecule has 0 saturated heterocycles. The molecule has 0 aliphatic rings. The third-order valence-corrected chi connectivity index (χ3v) is 9.16. The predicted octanol–water partition coefficient (Wildman–Crippen LogP) is 5.59. The Kier molecular flexibility index (Phi) is 11.7. The number of halogens is 1. The molecule has 0 saturated carbocycles. The van der Waals surface area contributed by atoms with E-state index in [0.29, 0.717) is 12.3 Å². The summed E-state index contributed by atoms with van der Waals surface area (Å²) in [4.78, 5) is 29.4. The molecule has 1 N–H and O–H groups in total. The molecule has 1 atom stereocenters. The molecule has 8 nitrogen and oxygen atoms in total. The SMILES string of the molecule is CCCCNC(=O)[C@@H](Cc1ccccc1)N(Cc1ccccc1F)C(=O)CN(c1ccc(OC)cc1)S(=O)(=O)c1ccccc1. The van der Waals surface area contributed by atoms with E-state index in [2.05, 4.69) is 5.32 Å². The van der Waals surface area contributed by atoms with Crippen LogP contribution in [0, 0.1) is 5.82 Å². The fourth-order valence-electron chi connectivity index (χ4n) is 4.87. The normalized spacial score (nSPS) is 11.8. The van der Waals surface area contributed by atoms with Crippen LogP contribution in [0.3, 0.4) is 0 Å². The number of ether oxygens (including phenoxy) is 1. The van der Waals surface area contributed by atoms with Gasteiger partial charge in [-0.25, -0.2) is 12.8 Å². The Labute approximate surface area is 264 Å². The first-order valence-corrected chi connectivity index (χ1v) is 16.2. The molecule has 0 fully saturated rings. The van der Waals surface area contributed by atoms with Gasteiger partial charge in [-0.15, -0.1) is 0 Å². The summed E-state index contributed by atoms with van der Waals surface area (Å²) in [6, 6.07) is 28.3. The monoisotopic (exact) mass is 631 g/mol. The van der Waals surface area contributed by atoms with Crippen molar-refractivity contribution in [1.82, 2.24) is 10.2 Å². The highest BCUT2D eigenvalue weighted by Gasteiger charge is 2.35. The van der Waals surface area contributed by atoms with Gasteiger partial charge in [-0.05, 0) is 54.4 Å². The van der Waals surface area contributed by atoms with E-state index in [1.165, 1.54) is 30.2 Å². The van der Waals surface area contributed by atoms with Crippen molar-refractivity contribution < 1.29 is 27.1 Å². The Morgan fingerprint density at radius 3 is 2.11 bits per heavy atom. The van der Waals surface area contributed by atoms with E-state index < -0.39 is 40.2 Å². The van der Waals surface area contributed by atoms with Gasteiger partial charge in [0.1, 0.15) is 24.2 Å². The van der Waals surface area contributed by atoms with Crippen LogP contribution in [0.15, 0.2) is 114 Å². The number of nitrogens with one attached hydrogen (secondary N) is 1. The average molecular weight is 632 g/mol.